The van der Waals surface area contributed by atoms with E-state index in [1.165, 1.54) is 55.5 Å². The highest BCUT2D eigenvalue weighted by Crippen LogP contribution is 2.27. The summed E-state index contributed by atoms with van der Waals surface area (Å²) < 4.78 is 28.7. The van der Waals surface area contributed by atoms with Crippen molar-refractivity contribution in [1.82, 2.24) is 4.90 Å². The number of ether oxygens (including phenoxy) is 3. The average molecular weight is 472 g/mol. The van der Waals surface area contributed by atoms with Gasteiger partial charge in [-0.25, -0.2) is 14.1 Å². The summed E-state index contributed by atoms with van der Waals surface area (Å²) in [6.45, 7) is 1.76. The van der Waals surface area contributed by atoms with Crippen LogP contribution in [0.25, 0.3) is 0 Å². The number of nitrogens with zero attached hydrogens (tertiary/aromatic N) is 2. The first-order chi connectivity index (χ1) is 16.3. The monoisotopic (exact) mass is 472 g/mol. The van der Waals surface area contributed by atoms with Gasteiger partial charge in [0, 0.05) is 19.8 Å². The van der Waals surface area contributed by atoms with Crippen LogP contribution in [0.4, 0.5) is 10.1 Å². The van der Waals surface area contributed by atoms with E-state index in [1.54, 1.807) is 6.92 Å². The third-order valence-corrected chi connectivity index (χ3v) is 5.36. The molecule has 10 heteroatoms. The van der Waals surface area contributed by atoms with E-state index in [0.29, 0.717) is 0 Å². The normalized spacial score (nSPS) is 15.7. The maximum Gasteiger partial charge on any atom is 0.338 e. The highest BCUT2D eigenvalue weighted by molar-refractivity contribution is 6.23. The number of carbonyl (C=O) groups is 4. The number of benzene rings is 2. The highest BCUT2D eigenvalue weighted by Gasteiger charge is 2.45. The lowest BCUT2D eigenvalue weighted by atomic mass is 10.1. The smallest absolute Gasteiger partial charge is 0.338 e. The van der Waals surface area contributed by atoms with Crippen LogP contribution in [0.15, 0.2) is 48.5 Å². The van der Waals surface area contributed by atoms with E-state index in [2.05, 4.69) is 0 Å². The molecule has 1 saturated heterocycles. The van der Waals surface area contributed by atoms with Gasteiger partial charge in [-0.15, -0.1) is 0 Å². The second kappa shape index (κ2) is 11.0. The number of rotatable bonds is 9. The molecule has 0 aromatic heterocycles. The third kappa shape index (κ3) is 5.29. The molecule has 0 radical (unpaired) electrons. The van der Waals surface area contributed by atoms with E-state index in [0.717, 1.165) is 17.0 Å². The summed E-state index contributed by atoms with van der Waals surface area (Å²) in [5.74, 6) is -2.74. The molecular weight excluding hydrogens is 447 g/mol. The Morgan fingerprint density at radius 2 is 1.62 bits per heavy atom. The van der Waals surface area contributed by atoms with Gasteiger partial charge in [-0.05, 0) is 55.5 Å². The van der Waals surface area contributed by atoms with Crippen molar-refractivity contribution >= 4 is 29.4 Å². The van der Waals surface area contributed by atoms with E-state index >= 15 is 0 Å². The fourth-order valence-corrected chi connectivity index (χ4v) is 3.61. The molecule has 1 aliphatic heterocycles. The number of anilines is 1. The Labute approximate surface area is 196 Å². The molecule has 1 fully saturated rings. The first kappa shape index (κ1) is 25.0. The molecule has 1 unspecified atom stereocenters. The molecule has 0 N–H and O–H groups in total. The van der Waals surface area contributed by atoms with Crippen LogP contribution in [-0.2, 0) is 23.8 Å². The number of hydrogen-bond donors (Lipinski definition) is 0. The number of esters is 1. The van der Waals surface area contributed by atoms with E-state index in [-0.39, 0.29) is 36.4 Å². The summed E-state index contributed by atoms with van der Waals surface area (Å²) in [5.41, 5.74) is 0.678. The molecule has 0 saturated carbocycles. The fourth-order valence-electron chi connectivity index (χ4n) is 3.61. The SMILES string of the molecule is CCOC(=O)c1ccc(N2C(=O)CC(N(CC(OC)OC)C(=O)c3ccc(F)cc3)C2=O)cc1. The predicted molar refractivity (Wildman–Crippen MR) is 119 cm³/mol. The van der Waals surface area contributed by atoms with Crippen molar-refractivity contribution in [3.05, 3.63) is 65.5 Å². The quantitative estimate of drug-likeness (QED) is 0.314. The van der Waals surface area contributed by atoms with Crippen LogP contribution in [-0.4, -0.2) is 68.3 Å². The fraction of sp³-hybridized carbons (Fsp3) is 0.333. The van der Waals surface area contributed by atoms with Crippen molar-refractivity contribution in [2.24, 2.45) is 0 Å². The van der Waals surface area contributed by atoms with Crippen molar-refractivity contribution in [2.45, 2.75) is 25.7 Å². The van der Waals surface area contributed by atoms with Gasteiger partial charge < -0.3 is 19.1 Å². The number of amides is 3. The summed E-state index contributed by atoms with van der Waals surface area (Å²) in [7, 11) is 2.77. The molecule has 1 atom stereocenters. The van der Waals surface area contributed by atoms with Crippen molar-refractivity contribution < 1.29 is 37.8 Å². The molecule has 9 nitrogen and oxygen atoms in total. The Balaban J connectivity index is 1.89. The Bertz CT molecular complexity index is 1050. The Hall–Kier alpha value is -3.63. The minimum Gasteiger partial charge on any atom is -0.462 e. The van der Waals surface area contributed by atoms with Gasteiger partial charge in [0.05, 0.1) is 30.8 Å². The maximum absolute atomic E-state index is 13.3. The lowest BCUT2D eigenvalue weighted by Crippen LogP contribution is -2.49. The molecule has 1 heterocycles. The Morgan fingerprint density at radius 1 is 1.03 bits per heavy atom. The van der Waals surface area contributed by atoms with Crippen LogP contribution in [0.5, 0.6) is 0 Å². The topological polar surface area (TPSA) is 102 Å². The average Bonchev–Trinajstić information content (AvgIpc) is 3.13. The summed E-state index contributed by atoms with van der Waals surface area (Å²) in [6, 6.07) is 9.57. The minimum absolute atomic E-state index is 0.136. The van der Waals surface area contributed by atoms with Gasteiger partial charge in [0.25, 0.3) is 11.8 Å². The van der Waals surface area contributed by atoms with Gasteiger partial charge in [0.15, 0.2) is 6.29 Å². The number of imide groups is 1. The standard InChI is InChI=1S/C24H25FN2O7/c1-4-34-24(31)16-7-11-18(12-8-16)27-20(28)13-19(23(27)30)26(14-21(32-2)33-3)22(29)15-5-9-17(25)10-6-15/h5-12,19,21H,4,13-14H2,1-3H3. The van der Waals surface area contributed by atoms with Gasteiger partial charge in [0.1, 0.15) is 11.9 Å². The first-order valence-corrected chi connectivity index (χ1v) is 10.6. The summed E-state index contributed by atoms with van der Waals surface area (Å²) in [5, 5.41) is 0. The largest absolute Gasteiger partial charge is 0.462 e. The second-order valence-electron chi connectivity index (χ2n) is 7.42. The molecule has 0 spiro atoms. The van der Waals surface area contributed by atoms with Crippen LogP contribution >= 0.6 is 0 Å². The third-order valence-electron chi connectivity index (χ3n) is 5.36. The zero-order valence-corrected chi connectivity index (χ0v) is 19.0. The molecule has 180 valence electrons. The molecule has 3 amide bonds. The van der Waals surface area contributed by atoms with Crippen LogP contribution in [0, 0.1) is 5.82 Å². The lowest BCUT2D eigenvalue weighted by Gasteiger charge is -2.30. The Morgan fingerprint density at radius 3 is 2.18 bits per heavy atom. The van der Waals surface area contributed by atoms with E-state index < -0.39 is 41.8 Å². The maximum atomic E-state index is 13.3. The van der Waals surface area contributed by atoms with Crippen LogP contribution < -0.4 is 4.90 Å². The molecule has 0 aliphatic carbocycles. The molecule has 34 heavy (non-hydrogen) atoms. The van der Waals surface area contributed by atoms with E-state index in [9.17, 15) is 23.6 Å². The van der Waals surface area contributed by atoms with Crippen molar-refractivity contribution in [1.29, 1.82) is 0 Å². The number of methoxy groups -OCH3 is 2. The molecule has 1 aliphatic rings. The van der Waals surface area contributed by atoms with Crippen LogP contribution in [0.3, 0.4) is 0 Å². The highest BCUT2D eigenvalue weighted by atomic mass is 19.1. The molecule has 2 aromatic rings. The molecule has 0 bridgehead atoms. The zero-order chi connectivity index (χ0) is 24.8. The molecule has 2 aromatic carbocycles. The van der Waals surface area contributed by atoms with Crippen molar-refractivity contribution in [3.8, 4) is 0 Å². The number of halogens is 1. The first-order valence-electron chi connectivity index (χ1n) is 10.6. The Kier molecular flexibility index (Phi) is 8.08. The summed E-state index contributed by atoms with van der Waals surface area (Å²) in [6.07, 6.45) is -1.11. The predicted octanol–water partition coefficient (Wildman–Crippen LogP) is 2.40. The van der Waals surface area contributed by atoms with Crippen molar-refractivity contribution in [2.75, 3.05) is 32.3 Å². The number of carbonyl (C=O) groups excluding carboxylic acids is 4. The summed E-state index contributed by atoms with van der Waals surface area (Å²) >= 11 is 0. The number of hydrogen-bond acceptors (Lipinski definition) is 7. The van der Waals surface area contributed by atoms with Gasteiger partial charge >= 0.3 is 5.97 Å². The minimum atomic E-state index is -1.12. The second-order valence-corrected chi connectivity index (χ2v) is 7.42. The van der Waals surface area contributed by atoms with Crippen LogP contribution in [0.2, 0.25) is 0 Å². The zero-order valence-electron chi connectivity index (χ0n) is 19.0. The molecule has 3 rings (SSSR count). The van der Waals surface area contributed by atoms with Gasteiger partial charge in [-0.2, -0.15) is 0 Å². The van der Waals surface area contributed by atoms with E-state index in [1.807, 2.05) is 0 Å². The van der Waals surface area contributed by atoms with Gasteiger partial charge in [-0.3, -0.25) is 14.4 Å². The summed E-state index contributed by atoms with van der Waals surface area (Å²) in [4.78, 5) is 53.4. The van der Waals surface area contributed by atoms with Gasteiger partial charge in [-0.1, -0.05) is 0 Å². The molecular formula is C24H25FN2O7. The van der Waals surface area contributed by atoms with Crippen LogP contribution in [0.1, 0.15) is 34.1 Å². The van der Waals surface area contributed by atoms with Crippen molar-refractivity contribution in [3.63, 3.8) is 0 Å². The van der Waals surface area contributed by atoms with E-state index in [4.69, 9.17) is 14.2 Å². The van der Waals surface area contributed by atoms with Gasteiger partial charge in [0.2, 0.25) is 5.91 Å². The lowest BCUT2D eigenvalue weighted by molar-refractivity contribution is -0.128.